The van der Waals surface area contributed by atoms with Crippen molar-refractivity contribution in [3.05, 3.63) is 0 Å². The van der Waals surface area contributed by atoms with E-state index in [0.717, 1.165) is 16.7 Å². The molecule has 0 amide bonds. The Morgan fingerprint density at radius 1 is 1.09 bits per heavy atom. The molecule has 3 aliphatic rings. The van der Waals surface area contributed by atoms with Crippen LogP contribution in [0.4, 0.5) is 0 Å². The van der Waals surface area contributed by atoms with Crippen LogP contribution >= 0.6 is 0 Å². The number of hydrogen-bond donors (Lipinski definition) is 0. The SMILES string of the molecule is CC(C)CC1C2(CC2)C12CC2. The van der Waals surface area contributed by atoms with Crippen molar-refractivity contribution in [2.24, 2.45) is 22.7 Å². The van der Waals surface area contributed by atoms with Crippen LogP contribution in [0.1, 0.15) is 46.0 Å². The summed E-state index contributed by atoms with van der Waals surface area (Å²) in [4.78, 5) is 0. The largest absolute Gasteiger partial charge is 0.0628 e. The molecule has 0 N–H and O–H groups in total. The molecule has 11 heavy (non-hydrogen) atoms. The van der Waals surface area contributed by atoms with Gasteiger partial charge in [-0.2, -0.15) is 0 Å². The van der Waals surface area contributed by atoms with Gasteiger partial charge < -0.3 is 0 Å². The van der Waals surface area contributed by atoms with E-state index in [-0.39, 0.29) is 0 Å². The fourth-order valence-electron chi connectivity index (χ4n) is 3.73. The molecule has 62 valence electrons. The maximum Gasteiger partial charge on any atom is -0.0204 e. The Bertz CT molecular complexity index is 176. The second-order valence-electron chi connectivity index (χ2n) is 5.49. The van der Waals surface area contributed by atoms with Crippen LogP contribution in [0.15, 0.2) is 0 Å². The van der Waals surface area contributed by atoms with Crippen molar-refractivity contribution in [1.29, 1.82) is 0 Å². The van der Waals surface area contributed by atoms with E-state index in [1.165, 1.54) is 12.3 Å². The van der Waals surface area contributed by atoms with Gasteiger partial charge in [0.2, 0.25) is 0 Å². The standard InChI is InChI=1S/C11H18/c1-8(2)7-9-10(3-4-10)11(9)5-6-11/h8-9H,3-7H2,1-2H3. The summed E-state index contributed by atoms with van der Waals surface area (Å²) < 4.78 is 0. The molecular weight excluding hydrogens is 132 g/mol. The summed E-state index contributed by atoms with van der Waals surface area (Å²) in [7, 11) is 0. The van der Waals surface area contributed by atoms with E-state index in [0.29, 0.717) is 0 Å². The van der Waals surface area contributed by atoms with E-state index in [1.54, 1.807) is 25.7 Å². The Morgan fingerprint density at radius 3 is 1.82 bits per heavy atom. The Kier molecular flexibility index (Phi) is 0.906. The van der Waals surface area contributed by atoms with Gasteiger partial charge in [-0.3, -0.25) is 0 Å². The molecule has 0 radical (unpaired) electrons. The van der Waals surface area contributed by atoms with Crippen LogP contribution in [0.25, 0.3) is 0 Å². The smallest absolute Gasteiger partial charge is 0.0204 e. The molecule has 0 aromatic rings. The van der Waals surface area contributed by atoms with Gasteiger partial charge >= 0.3 is 0 Å². The highest BCUT2D eigenvalue weighted by Crippen LogP contribution is 2.93. The molecule has 0 aromatic carbocycles. The fraction of sp³-hybridized carbons (Fsp3) is 1.00. The molecule has 3 saturated carbocycles. The fourth-order valence-corrected chi connectivity index (χ4v) is 3.73. The lowest BCUT2D eigenvalue weighted by Crippen LogP contribution is -1.91. The zero-order chi connectivity index (χ0) is 7.69. The number of hydrogen-bond acceptors (Lipinski definition) is 0. The highest BCUT2D eigenvalue weighted by Gasteiger charge is 2.85. The molecule has 0 bridgehead atoms. The Labute approximate surface area is 69.4 Å². The summed E-state index contributed by atoms with van der Waals surface area (Å²) >= 11 is 0. The normalized spacial score (nSPS) is 40.1. The van der Waals surface area contributed by atoms with Crippen LogP contribution in [-0.2, 0) is 0 Å². The van der Waals surface area contributed by atoms with Gasteiger partial charge in [0.1, 0.15) is 0 Å². The van der Waals surface area contributed by atoms with Crippen molar-refractivity contribution < 1.29 is 0 Å². The third kappa shape index (κ3) is 0.588. The molecule has 0 aliphatic heterocycles. The maximum atomic E-state index is 2.38. The monoisotopic (exact) mass is 150 g/mol. The molecule has 0 saturated heterocycles. The third-order valence-corrected chi connectivity index (χ3v) is 4.53. The lowest BCUT2D eigenvalue weighted by Gasteiger charge is -2.01. The van der Waals surface area contributed by atoms with Gasteiger partial charge in [-0.25, -0.2) is 0 Å². The van der Waals surface area contributed by atoms with Crippen LogP contribution in [0.5, 0.6) is 0 Å². The Balaban J connectivity index is 1.73. The second kappa shape index (κ2) is 1.53. The van der Waals surface area contributed by atoms with Crippen molar-refractivity contribution >= 4 is 0 Å². The van der Waals surface area contributed by atoms with E-state index in [2.05, 4.69) is 13.8 Å². The first-order valence-corrected chi connectivity index (χ1v) is 5.21. The first-order chi connectivity index (χ1) is 5.21. The van der Waals surface area contributed by atoms with Crippen LogP contribution in [0, 0.1) is 22.7 Å². The summed E-state index contributed by atoms with van der Waals surface area (Å²) in [5.41, 5.74) is 1.91. The Hall–Kier alpha value is 0. The third-order valence-electron chi connectivity index (χ3n) is 4.53. The second-order valence-corrected chi connectivity index (χ2v) is 5.49. The predicted molar refractivity (Wildman–Crippen MR) is 46.3 cm³/mol. The van der Waals surface area contributed by atoms with E-state index < -0.39 is 0 Å². The summed E-state index contributed by atoms with van der Waals surface area (Å²) in [5.74, 6) is 2.12. The van der Waals surface area contributed by atoms with Gasteiger partial charge in [-0.1, -0.05) is 13.8 Å². The molecule has 2 spiro atoms. The Morgan fingerprint density at radius 2 is 1.55 bits per heavy atom. The van der Waals surface area contributed by atoms with Gasteiger partial charge in [0.15, 0.2) is 0 Å². The van der Waals surface area contributed by atoms with Crippen LogP contribution < -0.4 is 0 Å². The molecule has 0 aromatic heterocycles. The zero-order valence-electron chi connectivity index (χ0n) is 7.69. The highest BCUT2D eigenvalue weighted by molar-refractivity contribution is 5.34. The van der Waals surface area contributed by atoms with E-state index in [4.69, 9.17) is 0 Å². The number of fused-ring (bicyclic) bond motifs is 1. The quantitative estimate of drug-likeness (QED) is 0.567. The molecule has 0 heteroatoms. The van der Waals surface area contributed by atoms with Crippen LogP contribution in [-0.4, -0.2) is 0 Å². The van der Waals surface area contributed by atoms with Gasteiger partial charge in [-0.15, -0.1) is 0 Å². The topological polar surface area (TPSA) is 0 Å². The average molecular weight is 150 g/mol. The first kappa shape index (κ1) is 6.51. The van der Waals surface area contributed by atoms with Crippen LogP contribution in [0.2, 0.25) is 0 Å². The van der Waals surface area contributed by atoms with Gasteiger partial charge in [0, 0.05) is 0 Å². The molecule has 3 fully saturated rings. The van der Waals surface area contributed by atoms with E-state index >= 15 is 0 Å². The van der Waals surface area contributed by atoms with Crippen molar-refractivity contribution in [3.63, 3.8) is 0 Å². The summed E-state index contributed by atoms with van der Waals surface area (Å²) in [6.07, 6.45) is 7.88. The molecular formula is C11H18. The average Bonchev–Trinajstić information content (AvgIpc) is 2.79. The molecule has 0 unspecified atom stereocenters. The van der Waals surface area contributed by atoms with Crippen molar-refractivity contribution in [2.45, 2.75) is 46.0 Å². The summed E-state index contributed by atoms with van der Waals surface area (Å²) in [6.45, 7) is 4.76. The molecule has 0 atom stereocenters. The minimum absolute atomic E-state index is 0.942. The predicted octanol–water partition coefficient (Wildman–Crippen LogP) is 3.22. The van der Waals surface area contributed by atoms with Crippen LogP contribution in [0.3, 0.4) is 0 Å². The molecule has 3 rings (SSSR count). The summed E-state index contributed by atoms with van der Waals surface area (Å²) in [5, 5.41) is 0. The zero-order valence-corrected chi connectivity index (χ0v) is 7.69. The summed E-state index contributed by atoms with van der Waals surface area (Å²) in [6, 6.07) is 0. The number of rotatable bonds is 2. The highest BCUT2D eigenvalue weighted by atomic mass is 14.9. The minimum Gasteiger partial charge on any atom is -0.0628 e. The van der Waals surface area contributed by atoms with E-state index in [1.807, 2.05) is 0 Å². The molecule has 0 nitrogen and oxygen atoms in total. The molecule has 3 aliphatic carbocycles. The minimum atomic E-state index is 0.942. The van der Waals surface area contributed by atoms with Crippen molar-refractivity contribution in [2.75, 3.05) is 0 Å². The van der Waals surface area contributed by atoms with Crippen molar-refractivity contribution in [1.82, 2.24) is 0 Å². The lowest BCUT2D eigenvalue weighted by molar-refractivity contribution is 0.496. The van der Waals surface area contributed by atoms with Gasteiger partial charge in [0.25, 0.3) is 0 Å². The lowest BCUT2D eigenvalue weighted by atomic mass is 10.0. The maximum absolute atomic E-state index is 2.38. The van der Waals surface area contributed by atoms with Gasteiger partial charge in [0.05, 0.1) is 0 Å². The molecule has 0 heterocycles. The van der Waals surface area contributed by atoms with Gasteiger partial charge in [-0.05, 0) is 54.8 Å². The van der Waals surface area contributed by atoms with E-state index in [9.17, 15) is 0 Å². The first-order valence-electron chi connectivity index (χ1n) is 5.21. The van der Waals surface area contributed by atoms with Crippen molar-refractivity contribution in [3.8, 4) is 0 Å².